The summed E-state index contributed by atoms with van der Waals surface area (Å²) in [5.74, 6) is 0.693. The number of carbonyl (C=O) groups is 2. The molecule has 0 bridgehead atoms. The van der Waals surface area contributed by atoms with Crippen molar-refractivity contribution >= 4 is 23.5 Å². The number of imidazole rings is 1. The minimum Gasteiger partial charge on any atom is -0.489 e. The fraction of sp³-hybridized carbons (Fsp3) is 0.414. The van der Waals surface area contributed by atoms with Crippen molar-refractivity contribution in [2.75, 3.05) is 0 Å². The number of halogens is 1. The first-order chi connectivity index (χ1) is 17.6. The Labute approximate surface area is 223 Å². The van der Waals surface area contributed by atoms with Crippen molar-refractivity contribution in [3.05, 3.63) is 70.6 Å². The number of aromatic nitrogens is 2. The summed E-state index contributed by atoms with van der Waals surface area (Å²) in [5.41, 5.74) is 3.33. The van der Waals surface area contributed by atoms with Gasteiger partial charge >= 0.3 is 5.97 Å². The van der Waals surface area contributed by atoms with Gasteiger partial charge in [-0.2, -0.15) is 0 Å². The second-order valence-electron chi connectivity index (χ2n) is 9.74. The Morgan fingerprint density at radius 3 is 2.35 bits per heavy atom. The lowest BCUT2D eigenvalue weighted by molar-refractivity contribution is -0.137. The highest BCUT2D eigenvalue weighted by molar-refractivity contribution is 6.32. The predicted octanol–water partition coefficient (Wildman–Crippen LogP) is 6.34. The van der Waals surface area contributed by atoms with Crippen LogP contribution in [0.4, 0.5) is 0 Å². The van der Waals surface area contributed by atoms with E-state index in [-0.39, 0.29) is 24.5 Å². The molecule has 0 aliphatic rings. The average molecular weight is 526 g/mol. The van der Waals surface area contributed by atoms with Gasteiger partial charge in [0.15, 0.2) is 0 Å². The highest BCUT2D eigenvalue weighted by atomic mass is 35.5. The number of benzene rings is 2. The van der Waals surface area contributed by atoms with E-state index < -0.39 is 5.97 Å². The number of aryl methyl sites for hydroxylation is 1. The number of hydrogen-bond acceptors (Lipinski definition) is 4. The molecular formula is C29H36ClN3O4. The maximum Gasteiger partial charge on any atom is 0.303 e. The van der Waals surface area contributed by atoms with Crippen LogP contribution in [-0.4, -0.2) is 38.7 Å². The summed E-state index contributed by atoms with van der Waals surface area (Å²) >= 11 is 6.30. The number of carboxylic acids is 1. The van der Waals surface area contributed by atoms with Gasteiger partial charge in [-0.15, -0.1) is 0 Å². The summed E-state index contributed by atoms with van der Waals surface area (Å²) in [6.07, 6.45) is 2.80. The van der Waals surface area contributed by atoms with E-state index in [0.29, 0.717) is 35.1 Å². The minimum atomic E-state index is -0.903. The zero-order valence-corrected chi connectivity index (χ0v) is 22.9. The molecule has 0 fully saturated rings. The molecule has 7 nitrogen and oxygen atoms in total. The first kappa shape index (κ1) is 28.3. The highest BCUT2D eigenvalue weighted by Crippen LogP contribution is 2.27. The second kappa shape index (κ2) is 12.8. The second-order valence-corrected chi connectivity index (χ2v) is 10.1. The van der Waals surface area contributed by atoms with Crippen molar-refractivity contribution in [1.82, 2.24) is 14.9 Å². The lowest BCUT2D eigenvalue weighted by Crippen LogP contribution is -2.37. The van der Waals surface area contributed by atoms with Gasteiger partial charge in [0, 0.05) is 42.2 Å². The van der Waals surface area contributed by atoms with E-state index in [1.54, 1.807) is 18.2 Å². The third-order valence-electron chi connectivity index (χ3n) is 5.99. The summed E-state index contributed by atoms with van der Waals surface area (Å²) in [5, 5.41) is 12.5. The molecule has 1 aromatic heterocycles. The predicted molar refractivity (Wildman–Crippen MR) is 146 cm³/mol. The van der Waals surface area contributed by atoms with Gasteiger partial charge in [0.25, 0.3) is 5.91 Å². The molecule has 198 valence electrons. The number of aliphatic carboxylic acids is 1. The Morgan fingerprint density at radius 2 is 1.81 bits per heavy atom. The zero-order chi connectivity index (χ0) is 27.1. The van der Waals surface area contributed by atoms with Crippen molar-refractivity contribution in [1.29, 1.82) is 0 Å². The molecule has 1 heterocycles. The number of nitrogens with one attached hydrogen (secondary N) is 1. The molecule has 37 heavy (non-hydrogen) atoms. The number of nitrogens with zero attached hydrogens (tertiary/aromatic N) is 2. The van der Waals surface area contributed by atoms with Gasteiger partial charge in [0.2, 0.25) is 0 Å². The third-order valence-corrected chi connectivity index (χ3v) is 6.29. The third kappa shape index (κ3) is 7.83. The lowest BCUT2D eigenvalue weighted by atomic mass is 9.99. The van der Waals surface area contributed by atoms with Crippen LogP contribution in [0.3, 0.4) is 0 Å². The first-order valence-electron chi connectivity index (χ1n) is 12.7. The fourth-order valence-electron chi connectivity index (χ4n) is 4.16. The van der Waals surface area contributed by atoms with Crippen LogP contribution >= 0.6 is 11.6 Å². The van der Waals surface area contributed by atoms with Crippen LogP contribution in [0.15, 0.2) is 48.7 Å². The quantitative estimate of drug-likeness (QED) is 0.288. The van der Waals surface area contributed by atoms with Crippen molar-refractivity contribution in [3.63, 3.8) is 0 Å². The van der Waals surface area contributed by atoms with Crippen molar-refractivity contribution in [2.24, 2.45) is 0 Å². The normalized spacial score (nSPS) is 12.1. The Bertz CT molecular complexity index is 1220. The number of carbonyl (C=O) groups excluding carboxylic acids is 1. The molecule has 3 rings (SSSR count). The molecular weight excluding hydrogens is 490 g/mol. The van der Waals surface area contributed by atoms with Crippen LogP contribution in [0.1, 0.15) is 75.1 Å². The molecule has 0 saturated carbocycles. The van der Waals surface area contributed by atoms with Gasteiger partial charge in [-0.25, -0.2) is 4.98 Å². The average Bonchev–Trinajstić information content (AvgIpc) is 3.29. The molecule has 0 saturated heterocycles. The molecule has 0 spiro atoms. The highest BCUT2D eigenvalue weighted by Gasteiger charge is 2.18. The zero-order valence-electron chi connectivity index (χ0n) is 22.1. The van der Waals surface area contributed by atoms with Gasteiger partial charge in [-0.3, -0.25) is 9.59 Å². The van der Waals surface area contributed by atoms with E-state index in [2.05, 4.69) is 36.9 Å². The summed E-state index contributed by atoms with van der Waals surface area (Å²) in [6, 6.07) is 12.6. The summed E-state index contributed by atoms with van der Waals surface area (Å²) in [6.45, 7) is 11.0. The number of hydrogen-bond donors (Lipinski definition) is 2. The SMILES string of the molecule is CCn1cc(-c2ccc(C[C@@H](CCC(=O)O)NC(=O)c3ccc(OC(C)C)c(Cl)c3)cc2)nc1C(C)C. The Balaban J connectivity index is 1.74. The Kier molecular flexibility index (Phi) is 9.75. The number of rotatable bonds is 12. The number of carboxylic acid groups (broad SMARTS) is 1. The molecule has 3 aromatic rings. The van der Waals surface area contributed by atoms with E-state index in [0.717, 1.165) is 29.2 Å². The molecule has 8 heteroatoms. The van der Waals surface area contributed by atoms with Crippen LogP contribution in [-0.2, 0) is 17.8 Å². The van der Waals surface area contributed by atoms with Gasteiger partial charge in [-0.1, -0.05) is 49.7 Å². The van der Waals surface area contributed by atoms with Gasteiger partial charge in [0.1, 0.15) is 11.6 Å². The Morgan fingerprint density at radius 1 is 1.11 bits per heavy atom. The monoisotopic (exact) mass is 525 g/mol. The lowest BCUT2D eigenvalue weighted by Gasteiger charge is -2.19. The summed E-state index contributed by atoms with van der Waals surface area (Å²) in [7, 11) is 0. The summed E-state index contributed by atoms with van der Waals surface area (Å²) in [4.78, 5) is 29.0. The maximum atomic E-state index is 13.0. The first-order valence-corrected chi connectivity index (χ1v) is 13.1. The molecule has 1 amide bonds. The van der Waals surface area contributed by atoms with E-state index in [1.807, 2.05) is 38.1 Å². The maximum absolute atomic E-state index is 13.0. The molecule has 2 N–H and O–H groups in total. The smallest absolute Gasteiger partial charge is 0.303 e. The van der Waals surface area contributed by atoms with Gasteiger partial charge < -0.3 is 19.7 Å². The molecule has 0 aliphatic carbocycles. The largest absolute Gasteiger partial charge is 0.489 e. The van der Waals surface area contributed by atoms with E-state index in [1.165, 1.54) is 0 Å². The minimum absolute atomic E-state index is 0.0384. The van der Waals surface area contributed by atoms with Crippen LogP contribution in [0.2, 0.25) is 5.02 Å². The molecule has 2 aromatic carbocycles. The van der Waals surface area contributed by atoms with E-state index in [4.69, 9.17) is 21.3 Å². The topological polar surface area (TPSA) is 93.5 Å². The van der Waals surface area contributed by atoms with Gasteiger partial charge in [0.05, 0.1) is 16.8 Å². The summed E-state index contributed by atoms with van der Waals surface area (Å²) < 4.78 is 7.80. The molecule has 0 radical (unpaired) electrons. The number of ether oxygens (including phenoxy) is 1. The molecule has 0 unspecified atom stereocenters. The van der Waals surface area contributed by atoms with Crippen molar-refractivity contribution in [2.45, 2.75) is 78.5 Å². The molecule has 1 atom stereocenters. The van der Waals surface area contributed by atoms with Crippen molar-refractivity contribution in [3.8, 4) is 17.0 Å². The molecule has 0 aliphatic heterocycles. The van der Waals surface area contributed by atoms with Crippen LogP contribution in [0.25, 0.3) is 11.3 Å². The van der Waals surface area contributed by atoms with Gasteiger partial charge in [-0.05, 0) is 57.4 Å². The van der Waals surface area contributed by atoms with Crippen LogP contribution in [0.5, 0.6) is 5.75 Å². The standard InChI is InChI=1S/C29H36ClN3O4/c1-6-33-17-25(32-28(33)18(2)3)21-9-7-20(8-10-21)15-23(12-14-27(34)35)31-29(36)22-11-13-26(24(30)16-22)37-19(4)5/h7-11,13,16-19,23H,6,12,14-15H2,1-5H3,(H,31,36)(H,34,35)/t23-/m1/s1. The van der Waals surface area contributed by atoms with Crippen molar-refractivity contribution < 1.29 is 19.4 Å². The van der Waals surface area contributed by atoms with Crippen LogP contribution in [0, 0.1) is 0 Å². The Hall–Kier alpha value is -3.32. The number of amides is 1. The van der Waals surface area contributed by atoms with E-state index >= 15 is 0 Å². The fourth-order valence-corrected chi connectivity index (χ4v) is 4.39. The van der Waals surface area contributed by atoms with Crippen LogP contribution < -0.4 is 10.1 Å². The van der Waals surface area contributed by atoms with E-state index in [9.17, 15) is 14.7 Å².